The third-order valence-corrected chi connectivity index (χ3v) is 3.36. The van der Waals surface area contributed by atoms with Crippen LogP contribution < -0.4 is 5.32 Å². The summed E-state index contributed by atoms with van der Waals surface area (Å²) in [4.78, 5) is 4.39. The summed E-state index contributed by atoms with van der Waals surface area (Å²) in [5.41, 5.74) is 3.79. The van der Waals surface area contributed by atoms with E-state index in [-0.39, 0.29) is 6.61 Å². The third-order valence-electron chi connectivity index (χ3n) is 3.36. The van der Waals surface area contributed by atoms with Gasteiger partial charge in [-0.1, -0.05) is 24.3 Å². The van der Waals surface area contributed by atoms with Crippen molar-refractivity contribution in [1.29, 1.82) is 0 Å². The number of para-hydroxylation sites is 4. The number of aliphatic hydroxyl groups is 2. The van der Waals surface area contributed by atoms with Gasteiger partial charge in [0.25, 0.3) is 0 Å². The maximum Gasteiger partial charge on any atom is 0.100 e. The molecule has 3 N–H and O–H groups in total. The van der Waals surface area contributed by atoms with Crippen molar-refractivity contribution >= 4 is 16.7 Å². The highest BCUT2D eigenvalue weighted by Gasteiger charge is 2.09. The summed E-state index contributed by atoms with van der Waals surface area (Å²) in [6.45, 7) is 0.0311. The van der Waals surface area contributed by atoms with Crippen molar-refractivity contribution in [1.82, 2.24) is 9.55 Å². The second-order valence-corrected chi connectivity index (χ2v) is 4.84. The fourth-order valence-electron chi connectivity index (χ4n) is 2.28. The first-order valence-corrected chi connectivity index (χ1v) is 6.84. The number of nitrogens with zero attached hydrogens (tertiary/aromatic N) is 2. The van der Waals surface area contributed by atoms with E-state index in [2.05, 4.69) is 10.3 Å². The van der Waals surface area contributed by atoms with Crippen LogP contribution in [0, 0.1) is 0 Å². The van der Waals surface area contributed by atoms with Gasteiger partial charge in [-0.2, -0.15) is 0 Å². The van der Waals surface area contributed by atoms with Gasteiger partial charge >= 0.3 is 0 Å². The molecule has 21 heavy (non-hydrogen) atoms. The van der Waals surface area contributed by atoms with Crippen LogP contribution in [0.2, 0.25) is 0 Å². The summed E-state index contributed by atoms with van der Waals surface area (Å²) in [6, 6.07) is 15.7. The number of rotatable bonds is 5. The zero-order chi connectivity index (χ0) is 14.7. The standard InChI is InChI=1S/C16H17N3O2/c20-10-12(21)9-17-13-5-1-3-7-15(13)19-11-18-14-6-2-4-8-16(14)19/h1-8,11-12,17,20-21H,9-10H2. The van der Waals surface area contributed by atoms with Gasteiger partial charge in [0, 0.05) is 6.54 Å². The summed E-state index contributed by atoms with van der Waals surface area (Å²) < 4.78 is 2.00. The molecule has 1 heterocycles. The van der Waals surface area contributed by atoms with Gasteiger partial charge in [-0.3, -0.25) is 4.57 Å². The number of benzene rings is 2. The molecule has 0 aliphatic rings. The van der Waals surface area contributed by atoms with E-state index < -0.39 is 6.10 Å². The molecule has 3 aromatic rings. The monoisotopic (exact) mass is 283 g/mol. The highest BCUT2D eigenvalue weighted by Crippen LogP contribution is 2.24. The van der Waals surface area contributed by atoms with Crippen molar-refractivity contribution in [3.8, 4) is 5.69 Å². The number of anilines is 1. The predicted octanol–water partition coefficient (Wildman–Crippen LogP) is 1.79. The molecule has 0 saturated carbocycles. The molecule has 1 atom stereocenters. The zero-order valence-electron chi connectivity index (χ0n) is 11.5. The van der Waals surface area contributed by atoms with Crippen LogP contribution in [0.1, 0.15) is 0 Å². The summed E-state index contributed by atoms with van der Waals surface area (Å²) in [7, 11) is 0. The molecule has 2 aromatic carbocycles. The molecule has 0 amide bonds. The van der Waals surface area contributed by atoms with E-state index in [1.807, 2.05) is 53.1 Å². The molecule has 0 fully saturated rings. The average molecular weight is 283 g/mol. The molecule has 0 aliphatic heterocycles. The van der Waals surface area contributed by atoms with Gasteiger partial charge in [0.05, 0.1) is 35.1 Å². The van der Waals surface area contributed by atoms with Crippen LogP contribution in [0.25, 0.3) is 16.7 Å². The Hall–Kier alpha value is -2.37. The lowest BCUT2D eigenvalue weighted by Crippen LogP contribution is -2.23. The van der Waals surface area contributed by atoms with Gasteiger partial charge < -0.3 is 15.5 Å². The van der Waals surface area contributed by atoms with Crippen LogP contribution in [-0.2, 0) is 0 Å². The molecule has 0 bridgehead atoms. The van der Waals surface area contributed by atoms with Crippen molar-refractivity contribution in [2.24, 2.45) is 0 Å². The molecular formula is C16H17N3O2. The first-order chi connectivity index (χ1) is 10.3. The molecule has 5 heteroatoms. The Balaban J connectivity index is 1.98. The summed E-state index contributed by atoms with van der Waals surface area (Å²) >= 11 is 0. The SMILES string of the molecule is OCC(O)CNc1ccccc1-n1cnc2ccccc21. The molecule has 1 unspecified atom stereocenters. The third kappa shape index (κ3) is 2.74. The number of fused-ring (bicyclic) bond motifs is 1. The number of hydrogen-bond acceptors (Lipinski definition) is 4. The van der Waals surface area contributed by atoms with Gasteiger partial charge in [-0.15, -0.1) is 0 Å². The largest absolute Gasteiger partial charge is 0.394 e. The van der Waals surface area contributed by atoms with Crippen LogP contribution in [0.4, 0.5) is 5.69 Å². The first kappa shape index (κ1) is 13.6. The van der Waals surface area contributed by atoms with E-state index in [1.54, 1.807) is 6.33 Å². The van der Waals surface area contributed by atoms with E-state index in [9.17, 15) is 5.11 Å². The number of nitrogens with one attached hydrogen (secondary N) is 1. The average Bonchev–Trinajstić information content (AvgIpc) is 2.96. The van der Waals surface area contributed by atoms with Crippen LogP contribution >= 0.6 is 0 Å². The maximum atomic E-state index is 9.48. The van der Waals surface area contributed by atoms with Gasteiger partial charge in [0.1, 0.15) is 6.33 Å². The highest BCUT2D eigenvalue weighted by molar-refractivity contribution is 5.79. The molecule has 0 saturated heterocycles. The van der Waals surface area contributed by atoms with Gasteiger partial charge in [0.2, 0.25) is 0 Å². The van der Waals surface area contributed by atoms with Crippen molar-refractivity contribution in [3.05, 3.63) is 54.9 Å². The van der Waals surface area contributed by atoms with Crippen molar-refractivity contribution in [2.75, 3.05) is 18.5 Å². The second-order valence-electron chi connectivity index (χ2n) is 4.84. The minimum atomic E-state index is -0.780. The van der Waals surface area contributed by atoms with E-state index in [0.717, 1.165) is 22.4 Å². The molecule has 0 radical (unpaired) electrons. The van der Waals surface area contributed by atoms with Crippen molar-refractivity contribution < 1.29 is 10.2 Å². The Bertz CT molecular complexity index is 739. The Labute approximate surface area is 122 Å². The minimum absolute atomic E-state index is 0.261. The van der Waals surface area contributed by atoms with E-state index in [4.69, 9.17) is 5.11 Å². The van der Waals surface area contributed by atoms with E-state index in [1.165, 1.54) is 0 Å². The molecule has 1 aromatic heterocycles. The molecule has 0 aliphatic carbocycles. The lowest BCUT2D eigenvalue weighted by atomic mass is 10.2. The molecular weight excluding hydrogens is 266 g/mol. The molecule has 0 spiro atoms. The normalized spacial score (nSPS) is 12.5. The van der Waals surface area contributed by atoms with Gasteiger partial charge in [0.15, 0.2) is 0 Å². The predicted molar refractivity (Wildman–Crippen MR) is 82.7 cm³/mol. The molecule has 3 rings (SSSR count). The number of imidazole rings is 1. The van der Waals surface area contributed by atoms with Crippen LogP contribution in [-0.4, -0.2) is 39.0 Å². The van der Waals surface area contributed by atoms with Crippen molar-refractivity contribution in [2.45, 2.75) is 6.10 Å². The van der Waals surface area contributed by atoms with Gasteiger partial charge in [-0.25, -0.2) is 4.98 Å². The Kier molecular flexibility index (Phi) is 3.85. The lowest BCUT2D eigenvalue weighted by molar-refractivity contribution is 0.105. The fraction of sp³-hybridized carbons (Fsp3) is 0.188. The molecule has 108 valence electrons. The van der Waals surface area contributed by atoms with E-state index in [0.29, 0.717) is 6.54 Å². The number of aliphatic hydroxyl groups excluding tert-OH is 2. The molecule has 5 nitrogen and oxygen atoms in total. The summed E-state index contributed by atoms with van der Waals surface area (Å²) in [6.07, 6.45) is 1.01. The Morgan fingerprint density at radius 1 is 1.10 bits per heavy atom. The first-order valence-electron chi connectivity index (χ1n) is 6.84. The fourth-order valence-corrected chi connectivity index (χ4v) is 2.28. The Morgan fingerprint density at radius 2 is 1.86 bits per heavy atom. The number of hydrogen-bond donors (Lipinski definition) is 3. The highest BCUT2D eigenvalue weighted by atomic mass is 16.3. The Morgan fingerprint density at radius 3 is 2.71 bits per heavy atom. The topological polar surface area (TPSA) is 70.3 Å². The van der Waals surface area contributed by atoms with Crippen LogP contribution in [0.15, 0.2) is 54.9 Å². The maximum absolute atomic E-state index is 9.48. The number of aromatic nitrogens is 2. The van der Waals surface area contributed by atoms with Crippen LogP contribution in [0.5, 0.6) is 0 Å². The van der Waals surface area contributed by atoms with Gasteiger partial charge in [-0.05, 0) is 24.3 Å². The summed E-state index contributed by atoms with van der Waals surface area (Å²) in [5, 5.41) is 21.5. The van der Waals surface area contributed by atoms with Crippen molar-refractivity contribution in [3.63, 3.8) is 0 Å². The minimum Gasteiger partial charge on any atom is -0.394 e. The quantitative estimate of drug-likeness (QED) is 0.667. The zero-order valence-corrected chi connectivity index (χ0v) is 11.5. The van der Waals surface area contributed by atoms with E-state index >= 15 is 0 Å². The lowest BCUT2D eigenvalue weighted by Gasteiger charge is -2.15. The second kappa shape index (κ2) is 5.95. The summed E-state index contributed by atoms with van der Waals surface area (Å²) in [5.74, 6) is 0. The smallest absolute Gasteiger partial charge is 0.100 e. The van der Waals surface area contributed by atoms with Crippen LogP contribution in [0.3, 0.4) is 0 Å².